The van der Waals surface area contributed by atoms with E-state index in [0.29, 0.717) is 25.1 Å². The zero-order valence-corrected chi connectivity index (χ0v) is 12.2. The smallest absolute Gasteiger partial charge is 0.335 e. The molecule has 1 aromatic rings. The van der Waals surface area contributed by atoms with Gasteiger partial charge in [0.15, 0.2) is 0 Å². The molecule has 0 aliphatic carbocycles. The molecule has 1 aromatic carbocycles. The van der Waals surface area contributed by atoms with E-state index in [1.54, 1.807) is 26.0 Å². The molecule has 0 heterocycles. The van der Waals surface area contributed by atoms with Crippen LogP contribution in [0.15, 0.2) is 18.2 Å². The van der Waals surface area contributed by atoms with Gasteiger partial charge >= 0.3 is 5.97 Å². The third-order valence-corrected chi connectivity index (χ3v) is 3.03. The summed E-state index contributed by atoms with van der Waals surface area (Å²) in [7, 11) is 0. The molecule has 0 bridgehead atoms. The predicted octanol–water partition coefficient (Wildman–Crippen LogP) is 1.52. The van der Waals surface area contributed by atoms with Gasteiger partial charge in [-0.15, -0.1) is 0 Å². The summed E-state index contributed by atoms with van der Waals surface area (Å²) in [5.41, 5.74) is 1.86. The highest BCUT2D eigenvalue weighted by Crippen LogP contribution is 2.21. The van der Waals surface area contributed by atoms with Crippen molar-refractivity contribution in [3.05, 3.63) is 29.3 Å². The molecule has 0 fully saturated rings. The third kappa shape index (κ3) is 4.51. The van der Waals surface area contributed by atoms with E-state index in [4.69, 9.17) is 5.11 Å². The van der Waals surface area contributed by atoms with Crippen LogP contribution in [-0.2, 0) is 6.42 Å². The number of benzene rings is 1. The Morgan fingerprint density at radius 1 is 1.20 bits per heavy atom. The Hall–Kier alpha value is -1.59. The van der Waals surface area contributed by atoms with Crippen molar-refractivity contribution in [2.45, 2.75) is 39.4 Å². The number of rotatable bonds is 7. The molecule has 20 heavy (non-hydrogen) atoms. The molecule has 1 rings (SSSR count). The summed E-state index contributed by atoms with van der Waals surface area (Å²) in [6.07, 6.45) is -0.442. The highest BCUT2D eigenvalue weighted by molar-refractivity contribution is 5.90. The normalized spacial score (nSPS) is 13.8. The predicted molar refractivity (Wildman–Crippen MR) is 78.4 cm³/mol. The van der Waals surface area contributed by atoms with Crippen LogP contribution >= 0.6 is 0 Å². The number of carboxylic acids is 1. The fraction of sp³-hybridized carbons (Fsp3) is 0.533. The molecule has 0 aliphatic heterocycles. The maximum atomic E-state index is 11.1. The Kier molecular flexibility index (Phi) is 5.98. The van der Waals surface area contributed by atoms with Gasteiger partial charge < -0.3 is 20.2 Å². The van der Waals surface area contributed by atoms with E-state index in [1.165, 1.54) is 0 Å². The lowest BCUT2D eigenvalue weighted by atomic mass is 10.0. The monoisotopic (exact) mass is 281 g/mol. The number of carbonyl (C=O) groups is 1. The molecule has 5 nitrogen and oxygen atoms in total. The highest BCUT2D eigenvalue weighted by atomic mass is 16.4. The minimum Gasteiger partial charge on any atom is -0.478 e. The van der Waals surface area contributed by atoms with Crippen molar-refractivity contribution < 1.29 is 20.1 Å². The summed E-state index contributed by atoms with van der Waals surface area (Å²) in [4.78, 5) is 13.0. The molecule has 2 atom stereocenters. The van der Waals surface area contributed by atoms with Gasteiger partial charge in [-0.1, -0.05) is 6.92 Å². The second-order valence-corrected chi connectivity index (χ2v) is 5.10. The number of hydrogen-bond acceptors (Lipinski definition) is 4. The lowest BCUT2D eigenvalue weighted by molar-refractivity contribution is 0.0695. The van der Waals surface area contributed by atoms with E-state index >= 15 is 0 Å². The fourth-order valence-corrected chi connectivity index (χ4v) is 2.20. The minimum atomic E-state index is -0.939. The Balaban J connectivity index is 3.10. The quantitative estimate of drug-likeness (QED) is 0.706. The van der Waals surface area contributed by atoms with E-state index in [1.807, 2.05) is 17.9 Å². The van der Waals surface area contributed by atoms with E-state index < -0.39 is 18.2 Å². The zero-order valence-electron chi connectivity index (χ0n) is 12.2. The van der Waals surface area contributed by atoms with Gasteiger partial charge in [0.1, 0.15) is 0 Å². The topological polar surface area (TPSA) is 81.0 Å². The average Bonchev–Trinajstić information content (AvgIpc) is 2.35. The summed E-state index contributed by atoms with van der Waals surface area (Å²) in [6.45, 7) is 6.04. The zero-order chi connectivity index (χ0) is 15.3. The maximum absolute atomic E-state index is 11.1. The Morgan fingerprint density at radius 3 is 2.15 bits per heavy atom. The summed E-state index contributed by atoms with van der Waals surface area (Å²) < 4.78 is 0. The molecule has 5 heteroatoms. The van der Waals surface area contributed by atoms with Gasteiger partial charge in [-0.05, 0) is 44.0 Å². The molecule has 0 aliphatic rings. The van der Waals surface area contributed by atoms with Crippen LogP contribution in [0.25, 0.3) is 0 Å². The molecule has 0 spiro atoms. The number of carboxylic acid groups (broad SMARTS) is 1. The first-order valence-electron chi connectivity index (χ1n) is 6.82. The molecule has 0 amide bonds. The SMILES string of the molecule is CCc1cc(N(CC(C)O)CC(C)O)ccc1C(=O)O. The van der Waals surface area contributed by atoms with E-state index in [-0.39, 0.29) is 0 Å². The van der Waals surface area contributed by atoms with Crippen molar-refractivity contribution in [2.75, 3.05) is 18.0 Å². The van der Waals surface area contributed by atoms with Crippen LogP contribution in [-0.4, -0.2) is 46.6 Å². The largest absolute Gasteiger partial charge is 0.478 e. The lowest BCUT2D eigenvalue weighted by Crippen LogP contribution is -2.36. The first-order chi connectivity index (χ1) is 9.35. The molecule has 0 saturated heterocycles. The summed E-state index contributed by atoms with van der Waals surface area (Å²) in [5, 5.41) is 28.2. The van der Waals surface area contributed by atoms with Crippen molar-refractivity contribution in [3.8, 4) is 0 Å². The molecule has 112 valence electrons. The van der Waals surface area contributed by atoms with Crippen molar-refractivity contribution in [2.24, 2.45) is 0 Å². The van der Waals surface area contributed by atoms with Crippen LogP contribution < -0.4 is 4.90 Å². The van der Waals surface area contributed by atoms with E-state index in [0.717, 1.165) is 11.3 Å². The number of aromatic carboxylic acids is 1. The molecular formula is C15H23NO4. The standard InChI is InChI=1S/C15H23NO4/c1-4-12-7-13(5-6-14(12)15(19)20)16(8-10(2)17)9-11(3)18/h5-7,10-11,17-18H,4,8-9H2,1-3H3,(H,19,20). The van der Waals surface area contributed by atoms with Crippen LogP contribution in [0.3, 0.4) is 0 Å². The van der Waals surface area contributed by atoms with Gasteiger partial charge in [-0.25, -0.2) is 4.79 Å². The fourth-order valence-electron chi connectivity index (χ4n) is 2.20. The minimum absolute atomic E-state index is 0.297. The second kappa shape index (κ2) is 7.26. The first kappa shape index (κ1) is 16.5. The van der Waals surface area contributed by atoms with Gasteiger partial charge in [-0.3, -0.25) is 0 Å². The van der Waals surface area contributed by atoms with E-state index in [2.05, 4.69) is 0 Å². The maximum Gasteiger partial charge on any atom is 0.335 e. The number of aliphatic hydroxyl groups is 2. The molecule has 0 saturated carbocycles. The summed E-state index contributed by atoms with van der Waals surface area (Å²) >= 11 is 0. The van der Waals surface area contributed by atoms with Gasteiger partial charge in [-0.2, -0.15) is 0 Å². The first-order valence-corrected chi connectivity index (χ1v) is 6.82. The third-order valence-electron chi connectivity index (χ3n) is 3.03. The van der Waals surface area contributed by atoms with Crippen LogP contribution in [0.1, 0.15) is 36.7 Å². The van der Waals surface area contributed by atoms with Gasteiger partial charge in [0, 0.05) is 18.8 Å². The van der Waals surface area contributed by atoms with Crippen LogP contribution in [0, 0.1) is 0 Å². The van der Waals surface area contributed by atoms with E-state index in [9.17, 15) is 15.0 Å². The van der Waals surface area contributed by atoms with Gasteiger partial charge in [0.25, 0.3) is 0 Å². The number of aryl methyl sites for hydroxylation is 1. The van der Waals surface area contributed by atoms with Crippen molar-refractivity contribution in [3.63, 3.8) is 0 Å². The molecule has 0 aromatic heterocycles. The van der Waals surface area contributed by atoms with Crippen LogP contribution in [0.2, 0.25) is 0 Å². The lowest BCUT2D eigenvalue weighted by Gasteiger charge is -2.28. The summed E-state index contributed by atoms with van der Waals surface area (Å²) in [6, 6.07) is 5.11. The average molecular weight is 281 g/mol. The molecule has 3 N–H and O–H groups in total. The Labute approximate surface area is 119 Å². The van der Waals surface area contributed by atoms with Crippen LogP contribution in [0.5, 0.6) is 0 Å². The second-order valence-electron chi connectivity index (χ2n) is 5.10. The number of anilines is 1. The number of hydrogen-bond donors (Lipinski definition) is 3. The highest BCUT2D eigenvalue weighted by Gasteiger charge is 2.15. The molecule has 2 unspecified atom stereocenters. The van der Waals surface area contributed by atoms with Gasteiger partial charge in [0.05, 0.1) is 17.8 Å². The summed E-state index contributed by atoms with van der Waals surface area (Å²) in [5.74, 6) is -0.939. The molecule has 0 radical (unpaired) electrons. The van der Waals surface area contributed by atoms with Crippen molar-refractivity contribution in [1.29, 1.82) is 0 Å². The Bertz CT molecular complexity index is 447. The van der Waals surface area contributed by atoms with Crippen molar-refractivity contribution >= 4 is 11.7 Å². The van der Waals surface area contributed by atoms with Crippen LogP contribution in [0.4, 0.5) is 5.69 Å². The van der Waals surface area contributed by atoms with Crippen molar-refractivity contribution in [1.82, 2.24) is 0 Å². The van der Waals surface area contributed by atoms with Gasteiger partial charge in [0.2, 0.25) is 0 Å². The number of nitrogens with zero attached hydrogens (tertiary/aromatic N) is 1. The molecular weight excluding hydrogens is 258 g/mol. The Morgan fingerprint density at radius 2 is 1.75 bits per heavy atom. The number of aliphatic hydroxyl groups excluding tert-OH is 2.